The van der Waals surface area contributed by atoms with Gasteiger partial charge in [0.1, 0.15) is 5.75 Å². The zero-order valence-corrected chi connectivity index (χ0v) is 15.7. The standard InChI is InChI=1S/C19H20ClN3O4/c1-12(27-16-8-4-6-14(20)10-16)18(25)22-15-7-3-5-13(9-15)19(26)23(2)11-17(21)24/h3-10,12H,11H2,1-2H3,(H2,21,24)(H,22,25)/t12-/m0/s1. The lowest BCUT2D eigenvalue weighted by Crippen LogP contribution is -2.35. The number of nitrogens with one attached hydrogen (secondary N) is 1. The van der Waals surface area contributed by atoms with Gasteiger partial charge in [-0.25, -0.2) is 0 Å². The maximum absolute atomic E-state index is 12.3. The van der Waals surface area contributed by atoms with Crippen LogP contribution in [0.3, 0.4) is 0 Å². The molecule has 2 aromatic rings. The third kappa shape index (κ3) is 6.00. The molecule has 0 aliphatic heterocycles. The van der Waals surface area contributed by atoms with E-state index in [2.05, 4.69) is 5.32 Å². The maximum atomic E-state index is 12.3. The SMILES string of the molecule is C[C@H](Oc1cccc(Cl)c1)C(=O)Nc1cccc(C(=O)N(C)CC(N)=O)c1. The molecule has 0 aromatic heterocycles. The Kier molecular flexibility index (Phi) is 6.79. The average molecular weight is 390 g/mol. The van der Waals surface area contributed by atoms with Crippen LogP contribution in [-0.4, -0.2) is 42.3 Å². The van der Waals surface area contributed by atoms with Crippen LogP contribution < -0.4 is 15.8 Å². The highest BCUT2D eigenvalue weighted by Crippen LogP contribution is 2.19. The van der Waals surface area contributed by atoms with Crippen LogP contribution in [0.2, 0.25) is 5.02 Å². The van der Waals surface area contributed by atoms with Gasteiger partial charge in [0.25, 0.3) is 11.8 Å². The molecular weight excluding hydrogens is 370 g/mol. The van der Waals surface area contributed by atoms with E-state index in [1.807, 2.05) is 0 Å². The van der Waals surface area contributed by atoms with Gasteiger partial charge in [-0.2, -0.15) is 0 Å². The molecule has 0 heterocycles. The third-order valence-corrected chi connectivity index (χ3v) is 3.83. The molecule has 0 saturated carbocycles. The molecule has 0 aliphatic rings. The van der Waals surface area contributed by atoms with Crippen LogP contribution >= 0.6 is 11.6 Å². The minimum absolute atomic E-state index is 0.195. The Labute approximate surface area is 162 Å². The topological polar surface area (TPSA) is 102 Å². The van der Waals surface area contributed by atoms with Gasteiger partial charge in [-0.1, -0.05) is 23.7 Å². The fourth-order valence-corrected chi connectivity index (χ4v) is 2.48. The number of nitrogens with two attached hydrogens (primary N) is 1. The Bertz CT molecular complexity index is 856. The first kappa shape index (κ1) is 20.3. The molecule has 3 amide bonds. The zero-order valence-electron chi connectivity index (χ0n) is 14.9. The summed E-state index contributed by atoms with van der Waals surface area (Å²) in [6.45, 7) is 1.41. The predicted molar refractivity (Wildman–Crippen MR) is 103 cm³/mol. The molecule has 2 rings (SSSR count). The molecule has 8 heteroatoms. The molecule has 3 N–H and O–H groups in total. The lowest BCUT2D eigenvalue weighted by molar-refractivity contribution is -0.122. The summed E-state index contributed by atoms with van der Waals surface area (Å²) < 4.78 is 5.57. The number of carbonyl (C=O) groups excluding carboxylic acids is 3. The number of ether oxygens (including phenoxy) is 1. The van der Waals surface area contributed by atoms with Crippen LogP contribution in [0.4, 0.5) is 5.69 Å². The minimum Gasteiger partial charge on any atom is -0.481 e. The van der Waals surface area contributed by atoms with Crippen molar-refractivity contribution < 1.29 is 19.1 Å². The summed E-state index contributed by atoms with van der Waals surface area (Å²) in [6.07, 6.45) is -0.777. The van der Waals surface area contributed by atoms with Crippen molar-refractivity contribution >= 4 is 35.0 Å². The second-order valence-corrected chi connectivity index (χ2v) is 6.35. The number of carbonyl (C=O) groups is 3. The second kappa shape index (κ2) is 9.05. The van der Waals surface area contributed by atoms with Crippen LogP contribution in [0.15, 0.2) is 48.5 Å². The summed E-state index contributed by atoms with van der Waals surface area (Å²) in [5.41, 5.74) is 5.85. The molecular formula is C19H20ClN3O4. The summed E-state index contributed by atoms with van der Waals surface area (Å²) in [7, 11) is 1.47. The van der Waals surface area contributed by atoms with Gasteiger partial charge in [-0.3, -0.25) is 14.4 Å². The van der Waals surface area contributed by atoms with Crippen molar-refractivity contribution in [3.05, 3.63) is 59.1 Å². The van der Waals surface area contributed by atoms with Crippen LogP contribution in [-0.2, 0) is 9.59 Å². The maximum Gasteiger partial charge on any atom is 0.265 e. The molecule has 0 saturated heterocycles. The highest BCUT2D eigenvalue weighted by molar-refractivity contribution is 6.30. The Morgan fingerprint density at radius 1 is 1.19 bits per heavy atom. The lowest BCUT2D eigenvalue weighted by Gasteiger charge is -2.17. The number of anilines is 1. The molecule has 2 aromatic carbocycles. The first-order chi connectivity index (χ1) is 12.8. The van der Waals surface area contributed by atoms with Crippen molar-refractivity contribution in [2.75, 3.05) is 18.9 Å². The zero-order chi connectivity index (χ0) is 20.0. The van der Waals surface area contributed by atoms with E-state index in [0.717, 1.165) is 0 Å². The molecule has 0 radical (unpaired) electrons. The van der Waals surface area contributed by atoms with E-state index in [1.165, 1.54) is 18.0 Å². The number of halogens is 1. The highest BCUT2D eigenvalue weighted by atomic mass is 35.5. The average Bonchev–Trinajstić information content (AvgIpc) is 2.60. The number of amides is 3. The van der Waals surface area contributed by atoms with Crippen LogP contribution in [0.1, 0.15) is 17.3 Å². The summed E-state index contributed by atoms with van der Waals surface area (Å²) >= 11 is 5.90. The van der Waals surface area contributed by atoms with Gasteiger partial charge in [0, 0.05) is 23.3 Å². The molecule has 7 nitrogen and oxygen atoms in total. The third-order valence-electron chi connectivity index (χ3n) is 3.59. The quantitative estimate of drug-likeness (QED) is 0.758. The number of likely N-dealkylation sites (N-methyl/N-ethyl adjacent to an activating group) is 1. The van der Waals surface area contributed by atoms with Gasteiger partial charge in [-0.15, -0.1) is 0 Å². The van der Waals surface area contributed by atoms with E-state index in [-0.39, 0.29) is 18.4 Å². The Hall–Kier alpha value is -3.06. The summed E-state index contributed by atoms with van der Waals surface area (Å²) in [5, 5.41) is 3.20. The lowest BCUT2D eigenvalue weighted by atomic mass is 10.1. The highest BCUT2D eigenvalue weighted by Gasteiger charge is 2.17. The fourth-order valence-electron chi connectivity index (χ4n) is 2.30. The first-order valence-corrected chi connectivity index (χ1v) is 8.51. The number of rotatable bonds is 7. The molecule has 27 heavy (non-hydrogen) atoms. The van der Waals surface area contributed by atoms with Crippen LogP contribution in [0, 0.1) is 0 Å². The second-order valence-electron chi connectivity index (χ2n) is 5.92. The van der Waals surface area contributed by atoms with Gasteiger partial charge < -0.3 is 20.7 Å². The first-order valence-electron chi connectivity index (χ1n) is 8.13. The Morgan fingerprint density at radius 2 is 1.89 bits per heavy atom. The van der Waals surface area contributed by atoms with Crippen molar-refractivity contribution in [2.24, 2.45) is 5.73 Å². The van der Waals surface area contributed by atoms with Crippen molar-refractivity contribution in [1.29, 1.82) is 0 Å². The van der Waals surface area contributed by atoms with Gasteiger partial charge in [0.15, 0.2) is 6.10 Å². The van der Waals surface area contributed by atoms with Crippen LogP contribution in [0.25, 0.3) is 0 Å². The molecule has 0 unspecified atom stereocenters. The molecule has 0 aliphatic carbocycles. The minimum atomic E-state index is -0.777. The van der Waals surface area contributed by atoms with E-state index < -0.39 is 12.0 Å². The monoisotopic (exact) mass is 389 g/mol. The Balaban J connectivity index is 2.03. The van der Waals surface area contributed by atoms with E-state index in [9.17, 15) is 14.4 Å². The molecule has 0 spiro atoms. The van der Waals surface area contributed by atoms with Gasteiger partial charge in [-0.05, 0) is 43.3 Å². The van der Waals surface area contributed by atoms with E-state index in [1.54, 1.807) is 49.4 Å². The number of hydrogen-bond acceptors (Lipinski definition) is 4. The van der Waals surface area contributed by atoms with Crippen molar-refractivity contribution in [3.63, 3.8) is 0 Å². The van der Waals surface area contributed by atoms with Gasteiger partial charge >= 0.3 is 0 Å². The normalized spacial score (nSPS) is 11.4. The summed E-state index contributed by atoms with van der Waals surface area (Å²) in [6, 6.07) is 13.1. The number of primary amides is 1. The van der Waals surface area contributed by atoms with Gasteiger partial charge in [0.05, 0.1) is 6.54 Å². The Morgan fingerprint density at radius 3 is 2.56 bits per heavy atom. The van der Waals surface area contributed by atoms with Gasteiger partial charge in [0.2, 0.25) is 5.91 Å². The summed E-state index contributed by atoms with van der Waals surface area (Å²) in [4.78, 5) is 36.8. The molecule has 142 valence electrons. The molecule has 0 bridgehead atoms. The number of benzene rings is 2. The van der Waals surface area contributed by atoms with Crippen molar-refractivity contribution in [3.8, 4) is 5.75 Å². The van der Waals surface area contributed by atoms with E-state index in [4.69, 9.17) is 22.1 Å². The van der Waals surface area contributed by atoms with E-state index in [0.29, 0.717) is 22.0 Å². The number of hydrogen-bond donors (Lipinski definition) is 2. The fraction of sp³-hybridized carbons (Fsp3) is 0.211. The van der Waals surface area contributed by atoms with Crippen molar-refractivity contribution in [1.82, 2.24) is 4.90 Å². The largest absolute Gasteiger partial charge is 0.481 e. The van der Waals surface area contributed by atoms with Crippen molar-refractivity contribution in [2.45, 2.75) is 13.0 Å². The van der Waals surface area contributed by atoms with Crippen LogP contribution in [0.5, 0.6) is 5.75 Å². The molecule has 1 atom stereocenters. The predicted octanol–water partition coefficient (Wildman–Crippen LogP) is 2.30. The summed E-state index contributed by atoms with van der Waals surface area (Å²) in [5.74, 6) is -0.900. The van der Waals surface area contributed by atoms with E-state index >= 15 is 0 Å². The smallest absolute Gasteiger partial charge is 0.265 e. The molecule has 0 fully saturated rings. The number of nitrogens with zero attached hydrogens (tertiary/aromatic N) is 1.